The molecule has 0 bridgehead atoms. The predicted octanol–water partition coefficient (Wildman–Crippen LogP) is 2.65. The molecule has 0 saturated heterocycles. The zero-order chi connectivity index (χ0) is 16.9. The van der Waals surface area contributed by atoms with Gasteiger partial charge in [0.05, 0.1) is 19.9 Å². The Morgan fingerprint density at radius 1 is 1.17 bits per heavy atom. The van der Waals surface area contributed by atoms with Crippen LogP contribution in [0.4, 0.5) is 0 Å². The first-order valence-electron chi connectivity index (χ1n) is 8.46. The third-order valence-corrected chi connectivity index (χ3v) is 4.63. The van der Waals surface area contributed by atoms with Crippen molar-refractivity contribution in [1.29, 1.82) is 0 Å². The lowest BCUT2D eigenvalue weighted by Crippen LogP contribution is -2.42. The lowest BCUT2D eigenvalue weighted by Gasteiger charge is -2.23. The molecule has 24 heavy (non-hydrogen) atoms. The Balaban J connectivity index is 1.61. The van der Waals surface area contributed by atoms with Gasteiger partial charge in [0.15, 0.2) is 11.5 Å². The van der Waals surface area contributed by atoms with Gasteiger partial charge in [0, 0.05) is 18.0 Å². The second-order valence-corrected chi connectivity index (χ2v) is 6.25. The molecule has 2 aliphatic rings. The highest BCUT2D eigenvalue weighted by Gasteiger charge is 2.30. The second-order valence-electron chi connectivity index (χ2n) is 6.25. The zero-order valence-corrected chi connectivity index (χ0v) is 14.2. The Morgan fingerprint density at radius 3 is 2.62 bits per heavy atom. The van der Waals surface area contributed by atoms with Gasteiger partial charge in [0.25, 0.3) is 5.91 Å². The largest absolute Gasteiger partial charge is 0.493 e. The van der Waals surface area contributed by atoms with Crippen molar-refractivity contribution in [3.05, 3.63) is 23.8 Å². The first-order valence-corrected chi connectivity index (χ1v) is 8.46. The number of ether oxygens (including phenoxy) is 2. The van der Waals surface area contributed by atoms with E-state index in [-0.39, 0.29) is 11.9 Å². The maximum absolute atomic E-state index is 12.4. The minimum Gasteiger partial charge on any atom is -0.493 e. The number of amides is 1. The number of rotatable bonds is 5. The van der Waals surface area contributed by atoms with E-state index in [1.165, 1.54) is 19.3 Å². The summed E-state index contributed by atoms with van der Waals surface area (Å²) in [5.41, 5.74) is 1.63. The number of hydrogen-bond acceptors (Lipinski definition) is 5. The molecular formula is C18H24N2O4. The Kier molecular flexibility index (Phi) is 5.23. The molecule has 6 heteroatoms. The Bertz CT molecular complexity index is 623. The molecule has 1 heterocycles. The molecule has 3 rings (SSSR count). The molecule has 1 aromatic rings. The van der Waals surface area contributed by atoms with E-state index in [1.807, 2.05) is 18.2 Å². The summed E-state index contributed by atoms with van der Waals surface area (Å²) in [5, 5.41) is 7.18. The first-order chi connectivity index (χ1) is 11.7. The molecule has 1 fully saturated rings. The third-order valence-electron chi connectivity index (χ3n) is 4.63. The van der Waals surface area contributed by atoms with Crippen LogP contribution >= 0.6 is 0 Å². The Morgan fingerprint density at radius 2 is 1.92 bits per heavy atom. The summed E-state index contributed by atoms with van der Waals surface area (Å²) in [7, 11) is 3.19. The van der Waals surface area contributed by atoms with Gasteiger partial charge >= 0.3 is 0 Å². The third kappa shape index (κ3) is 3.63. The van der Waals surface area contributed by atoms with Gasteiger partial charge in [-0.2, -0.15) is 0 Å². The summed E-state index contributed by atoms with van der Waals surface area (Å²) in [6.45, 7) is 0. The molecule has 0 spiro atoms. The lowest BCUT2D eigenvalue weighted by molar-refractivity contribution is -0.132. The first kappa shape index (κ1) is 16.6. The minimum atomic E-state index is -0.546. The normalized spacial score (nSPS) is 20.9. The summed E-state index contributed by atoms with van der Waals surface area (Å²) in [5.74, 6) is 1.22. The fourth-order valence-electron chi connectivity index (χ4n) is 3.25. The van der Waals surface area contributed by atoms with E-state index in [0.29, 0.717) is 17.9 Å². The summed E-state index contributed by atoms with van der Waals surface area (Å²) in [4.78, 5) is 17.7. The maximum Gasteiger partial charge on any atom is 0.264 e. The number of benzene rings is 1. The number of carbonyl (C=O) groups is 1. The fourth-order valence-corrected chi connectivity index (χ4v) is 3.25. The van der Waals surface area contributed by atoms with E-state index in [2.05, 4.69) is 10.5 Å². The second kappa shape index (κ2) is 7.55. The minimum absolute atomic E-state index is 0.0684. The van der Waals surface area contributed by atoms with Crippen molar-refractivity contribution < 1.29 is 19.1 Å². The van der Waals surface area contributed by atoms with Crippen LogP contribution in [0.2, 0.25) is 0 Å². The van der Waals surface area contributed by atoms with Crippen LogP contribution in [0, 0.1) is 0 Å². The number of nitrogens with zero attached hydrogens (tertiary/aromatic N) is 1. The molecule has 1 amide bonds. The lowest BCUT2D eigenvalue weighted by atomic mass is 9.95. The van der Waals surface area contributed by atoms with Gasteiger partial charge in [0.1, 0.15) is 0 Å². The summed E-state index contributed by atoms with van der Waals surface area (Å²) in [6.07, 6.45) is 5.67. The van der Waals surface area contributed by atoms with Gasteiger partial charge in [-0.15, -0.1) is 0 Å². The number of hydrogen-bond donors (Lipinski definition) is 1. The van der Waals surface area contributed by atoms with Crippen LogP contribution in [0.25, 0.3) is 0 Å². The van der Waals surface area contributed by atoms with Crippen molar-refractivity contribution in [3.8, 4) is 11.5 Å². The van der Waals surface area contributed by atoms with Crippen LogP contribution in [0.1, 0.15) is 44.1 Å². The highest BCUT2D eigenvalue weighted by molar-refractivity contribution is 6.04. The molecule has 1 aliphatic carbocycles. The van der Waals surface area contributed by atoms with Crippen LogP contribution in [0.3, 0.4) is 0 Å². The van der Waals surface area contributed by atoms with Gasteiger partial charge < -0.3 is 19.6 Å². The molecule has 1 aromatic carbocycles. The zero-order valence-electron chi connectivity index (χ0n) is 14.2. The average Bonchev–Trinajstić information content (AvgIpc) is 3.12. The maximum atomic E-state index is 12.4. The van der Waals surface area contributed by atoms with Crippen molar-refractivity contribution in [2.24, 2.45) is 5.16 Å². The number of carbonyl (C=O) groups excluding carboxylic acids is 1. The van der Waals surface area contributed by atoms with Crippen LogP contribution in [0.15, 0.2) is 23.4 Å². The van der Waals surface area contributed by atoms with Gasteiger partial charge in [-0.25, -0.2) is 0 Å². The van der Waals surface area contributed by atoms with Crippen molar-refractivity contribution in [2.45, 2.75) is 50.7 Å². The molecule has 6 nitrogen and oxygen atoms in total. The topological polar surface area (TPSA) is 69.2 Å². The van der Waals surface area contributed by atoms with Crippen LogP contribution in [0.5, 0.6) is 11.5 Å². The summed E-state index contributed by atoms with van der Waals surface area (Å²) < 4.78 is 10.5. The van der Waals surface area contributed by atoms with Crippen molar-refractivity contribution in [3.63, 3.8) is 0 Å². The van der Waals surface area contributed by atoms with E-state index in [9.17, 15) is 4.79 Å². The van der Waals surface area contributed by atoms with Crippen molar-refractivity contribution in [2.75, 3.05) is 14.2 Å². The SMILES string of the molecule is COc1ccc(C2=NO[C@H](C(=O)NC3CCCCC3)C2)cc1OC. The van der Waals surface area contributed by atoms with E-state index in [4.69, 9.17) is 14.3 Å². The Labute approximate surface area is 142 Å². The number of nitrogens with one attached hydrogen (secondary N) is 1. The van der Waals surface area contributed by atoms with E-state index < -0.39 is 6.10 Å². The van der Waals surface area contributed by atoms with Crippen molar-refractivity contribution in [1.82, 2.24) is 5.32 Å². The van der Waals surface area contributed by atoms with Gasteiger partial charge in [0.2, 0.25) is 6.10 Å². The standard InChI is InChI=1S/C18H24N2O4/c1-22-15-9-8-12(10-16(15)23-2)14-11-17(24-20-14)18(21)19-13-6-4-3-5-7-13/h8-10,13,17H,3-7,11H2,1-2H3,(H,19,21)/t17-/m0/s1. The van der Waals surface area contributed by atoms with E-state index in [1.54, 1.807) is 14.2 Å². The van der Waals surface area contributed by atoms with Gasteiger partial charge in [-0.3, -0.25) is 4.79 Å². The number of methoxy groups -OCH3 is 2. The van der Waals surface area contributed by atoms with E-state index >= 15 is 0 Å². The van der Waals surface area contributed by atoms with Crippen molar-refractivity contribution >= 4 is 11.6 Å². The number of oxime groups is 1. The molecule has 1 aliphatic heterocycles. The van der Waals surface area contributed by atoms with Gasteiger partial charge in [-0.1, -0.05) is 24.4 Å². The average molecular weight is 332 g/mol. The van der Waals surface area contributed by atoms with Crippen LogP contribution in [-0.2, 0) is 9.63 Å². The van der Waals surface area contributed by atoms with Gasteiger partial charge in [-0.05, 0) is 31.0 Å². The summed E-state index contributed by atoms with van der Waals surface area (Å²) >= 11 is 0. The molecule has 130 valence electrons. The highest BCUT2D eigenvalue weighted by Crippen LogP contribution is 2.29. The predicted molar refractivity (Wildman–Crippen MR) is 90.6 cm³/mol. The molecule has 1 N–H and O–H groups in total. The van der Waals surface area contributed by atoms with Crippen LogP contribution in [-0.4, -0.2) is 38.0 Å². The monoisotopic (exact) mass is 332 g/mol. The Hall–Kier alpha value is -2.24. The van der Waals surface area contributed by atoms with Crippen LogP contribution < -0.4 is 14.8 Å². The molecule has 0 unspecified atom stereocenters. The molecule has 0 radical (unpaired) electrons. The highest BCUT2D eigenvalue weighted by atomic mass is 16.6. The molecule has 1 atom stereocenters. The molecular weight excluding hydrogens is 308 g/mol. The summed E-state index contributed by atoms with van der Waals surface area (Å²) in [6, 6.07) is 5.85. The smallest absolute Gasteiger partial charge is 0.264 e. The van der Waals surface area contributed by atoms with E-state index in [0.717, 1.165) is 24.1 Å². The molecule has 1 saturated carbocycles. The quantitative estimate of drug-likeness (QED) is 0.900. The molecule has 0 aromatic heterocycles. The fraction of sp³-hybridized carbons (Fsp3) is 0.556.